The Morgan fingerprint density at radius 2 is 1.96 bits per heavy atom. The quantitative estimate of drug-likeness (QED) is 0.810. The van der Waals surface area contributed by atoms with E-state index in [2.05, 4.69) is 10.3 Å². The maximum absolute atomic E-state index is 14.7. The Kier molecular flexibility index (Phi) is 3.66. The smallest absolute Gasteiger partial charge is 0.380 e. The highest BCUT2D eigenvalue weighted by atomic mass is 19.4. The third kappa shape index (κ3) is 2.21. The minimum absolute atomic E-state index is 0.0515. The predicted octanol–water partition coefficient (Wildman–Crippen LogP) is 3.84. The second-order valence-corrected chi connectivity index (χ2v) is 6.71. The lowest BCUT2D eigenvalue weighted by atomic mass is 9.65. The van der Waals surface area contributed by atoms with Gasteiger partial charge in [-0.2, -0.15) is 13.2 Å². The number of anilines is 2. The summed E-state index contributed by atoms with van der Waals surface area (Å²) < 4.78 is 63.4. The van der Waals surface area contributed by atoms with Crippen LogP contribution >= 0.6 is 0 Å². The molecule has 138 valence electrons. The van der Waals surface area contributed by atoms with E-state index in [1.54, 1.807) is 0 Å². The van der Waals surface area contributed by atoms with Crippen LogP contribution in [0, 0.1) is 11.7 Å². The Balaban J connectivity index is 2.14. The lowest BCUT2D eigenvalue weighted by Crippen LogP contribution is -2.56. The molecule has 1 aliphatic heterocycles. The van der Waals surface area contributed by atoms with Gasteiger partial charge in [0.25, 0.3) is 5.56 Å². The molecule has 1 aliphatic carbocycles. The highest BCUT2D eigenvalue weighted by Gasteiger charge is 2.67. The van der Waals surface area contributed by atoms with Gasteiger partial charge in [0.2, 0.25) is 0 Å². The topological polar surface area (TPSA) is 54.1 Å². The van der Waals surface area contributed by atoms with E-state index in [9.17, 15) is 22.4 Å². The van der Waals surface area contributed by atoms with Gasteiger partial charge in [-0.25, -0.2) is 4.39 Å². The molecule has 4 nitrogen and oxygen atoms in total. The van der Waals surface area contributed by atoms with Crippen molar-refractivity contribution in [2.75, 3.05) is 12.4 Å². The summed E-state index contributed by atoms with van der Waals surface area (Å²) in [5.74, 6) is -1.10. The van der Waals surface area contributed by atoms with E-state index in [1.807, 2.05) is 0 Å². The van der Waals surface area contributed by atoms with Crippen molar-refractivity contribution in [3.8, 4) is 0 Å². The van der Waals surface area contributed by atoms with Crippen LogP contribution in [0.25, 0.3) is 0 Å². The third-order valence-electron chi connectivity index (χ3n) is 5.23. The SMILES string of the molecule is COC(C1CC1)C1(C(F)(F)F)c2cc(F)ccc2Nc2c1cc[nH]c2=O. The zero-order chi connectivity index (χ0) is 18.7. The summed E-state index contributed by atoms with van der Waals surface area (Å²) in [5, 5.41) is 2.74. The number of benzene rings is 1. The normalized spacial score (nSPS) is 23.0. The number of ether oxygens (including phenoxy) is 1. The summed E-state index contributed by atoms with van der Waals surface area (Å²) in [7, 11) is 1.23. The molecule has 2 heterocycles. The fourth-order valence-electron chi connectivity index (χ4n) is 4.06. The Labute approximate surface area is 146 Å². The molecule has 2 unspecified atom stereocenters. The number of hydrogen-bond donors (Lipinski definition) is 2. The zero-order valence-corrected chi connectivity index (χ0v) is 13.8. The highest BCUT2D eigenvalue weighted by Crippen LogP contribution is 2.59. The van der Waals surface area contributed by atoms with Crippen LogP contribution in [-0.4, -0.2) is 24.4 Å². The van der Waals surface area contributed by atoms with Crippen LogP contribution in [-0.2, 0) is 10.2 Å². The molecule has 2 atom stereocenters. The monoisotopic (exact) mass is 368 g/mol. The first-order valence-corrected chi connectivity index (χ1v) is 8.19. The van der Waals surface area contributed by atoms with E-state index >= 15 is 0 Å². The Morgan fingerprint density at radius 3 is 2.58 bits per heavy atom. The van der Waals surface area contributed by atoms with Gasteiger partial charge in [-0.1, -0.05) is 0 Å². The third-order valence-corrected chi connectivity index (χ3v) is 5.23. The average molecular weight is 368 g/mol. The summed E-state index contributed by atoms with van der Waals surface area (Å²) in [6.45, 7) is 0. The lowest BCUT2D eigenvalue weighted by molar-refractivity contribution is -0.211. The first-order valence-electron chi connectivity index (χ1n) is 8.19. The van der Waals surface area contributed by atoms with Crippen LogP contribution in [0.5, 0.6) is 0 Å². The van der Waals surface area contributed by atoms with Gasteiger partial charge >= 0.3 is 6.18 Å². The Morgan fingerprint density at radius 1 is 1.23 bits per heavy atom. The number of pyridine rings is 1. The van der Waals surface area contributed by atoms with Crippen molar-refractivity contribution >= 4 is 11.4 Å². The number of hydrogen-bond acceptors (Lipinski definition) is 3. The summed E-state index contributed by atoms with van der Waals surface area (Å²) in [4.78, 5) is 14.6. The van der Waals surface area contributed by atoms with Crippen LogP contribution in [0.3, 0.4) is 0 Å². The summed E-state index contributed by atoms with van der Waals surface area (Å²) >= 11 is 0. The Bertz CT molecular complexity index is 920. The second-order valence-electron chi connectivity index (χ2n) is 6.71. The predicted molar refractivity (Wildman–Crippen MR) is 87.1 cm³/mol. The zero-order valence-electron chi connectivity index (χ0n) is 13.8. The van der Waals surface area contributed by atoms with E-state index in [4.69, 9.17) is 4.74 Å². The molecule has 2 aromatic rings. The minimum Gasteiger partial charge on any atom is -0.380 e. The molecule has 1 saturated carbocycles. The van der Waals surface area contributed by atoms with Gasteiger partial charge in [0.15, 0.2) is 0 Å². The van der Waals surface area contributed by atoms with E-state index in [-0.39, 0.29) is 28.4 Å². The van der Waals surface area contributed by atoms with Crippen LogP contribution in [0.2, 0.25) is 0 Å². The van der Waals surface area contributed by atoms with Gasteiger partial charge in [0.1, 0.15) is 16.9 Å². The number of fused-ring (bicyclic) bond motifs is 2. The second kappa shape index (κ2) is 5.57. The maximum atomic E-state index is 14.7. The van der Waals surface area contributed by atoms with E-state index in [0.717, 1.165) is 12.1 Å². The molecule has 0 saturated heterocycles. The number of halogens is 4. The number of aromatic nitrogens is 1. The van der Waals surface area contributed by atoms with Crippen molar-refractivity contribution in [2.45, 2.75) is 30.5 Å². The molecule has 1 aromatic heterocycles. The molecule has 0 radical (unpaired) electrons. The molecule has 1 fully saturated rings. The molecule has 0 spiro atoms. The average Bonchev–Trinajstić information content (AvgIpc) is 3.40. The molecule has 2 N–H and O–H groups in total. The standard InChI is InChI=1S/C18H16F4N2O2/c1-26-15(9-2-3-9)17(18(20,21)22)11-6-7-23-16(25)14(11)24-13-5-4-10(19)8-12(13)17/h4-9,15,24H,2-3H2,1H3,(H,23,25). The Hall–Kier alpha value is -2.35. The minimum atomic E-state index is -4.80. The van der Waals surface area contributed by atoms with E-state index in [1.165, 1.54) is 25.4 Å². The van der Waals surface area contributed by atoms with Crippen molar-refractivity contribution in [3.05, 3.63) is 57.8 Å². The fraction of sp³-hybridized carbons (Fsp3) is 0.389. The van der Waals surface area contributed by atoms with Crippen molar-refractivity contribution < 1.29 is 22.3 Å². The van der Waals surface area contributed by atoms with Gasteiger partial charge in [-0.3, -0.25) is 4.79 Å². The van der Waals surface area contributed by atoms with Crippen molar-refractivity contribution in [3.63, 3.8) is 0 Å². The van der Waals surface area contributed by atoms with Crippen LogP contribution in [0.1, 0.15) is 24.0 Å². The van der Waals surface area contributed by atoms with Crippen LogP contribution in [0.15, 0.2) is 35.3 Å². The number of nitrogens with one attached hydrogen (secondary N) is 2. The number of aromatic amines is 1. The molecule has 1 aromatic carbocycles. The maximum Gasteiger partial charge on any atom is 0.405 e. The van der Waals surface area contributed by atoms with Gasteiger partial charge in [0, 0.05) is 30.1 Å². The van der Waals surface area contributed by atoms with E-state index < -0.39 is 29.1 Å². The van der Waals surface area contributed by atoms with Crippen molar-refractivity contribution in [2.24, 2.45) is 5.92 Å². The van der Waals surface area contributed by atoms with Gasteiger partial charge in [0.05, 0.1) is 6.10 Å². The van der Waals surface area contributed by atoms with Gasteiger partial charge in [-0.15, -0.1) is 0 Å². The summed E-state index contributed by atoms with van der Waals surface area (Å²) in [6, 6.07) is 4.39. The largest absolute Gasteiger partial charge is 0.405 e. The molecular weight excluding hydrogens is 352 g/mol. The highest BCUT2D eigenvalue weighted by molar-refractivity contribution is 5.76. The van der Waals surface area contributed by atoms with Gasteiger partial charge < -0.3 is 15.0 Å². The van der Waals surface area contributed by atoms with E-state index in [0.29, 0.717) is 12.8 Å². The molecule has 0 bridgehead atoms. The molecule has 8 heteroatoms. The fourth-order valence-corrected chi connectivity index (χ4v) is 4.06. The molecule has 0 amide bonds. The van der Waals surface area contributed by atoms with Gasteiger partial charge in [-0.05, 0) is 43.0 Å². The first kappa shape index (κ1) is 17.1. The number of H-pyrrole nitrogens is 1. The van der Waals surface area contributed by atoms with Crippen LogP contribution < -0.4 is 10.9 Å². The summed E-state index contributed by atoms with van der Waals surface area (Å²) in [6.07, 6.45) is -3.71. The first-order chi connectivity index (χ1) is 12.3. The molecular formula is C18H16F4N2O2. The molecule has 2 aliphatic rings. The molecule has 26 heavy (non-hydrogen) atoms. The number of methoxy groups -OCH3 is 1. The molecule has 4 rings (SSSR count). The number of alkyl halides is 3. The van der Waals surface area contributed by atoms with Crippen molar-refractivity contribution in [1.82, 2.24) is 4.98 Å². The lowest BCUT2D eigenvalue weighted by Gasteiger charge is -2.46. The van der Waals surface area contributed by atoms with Crippen LogP contribution in [0.4, 0.5) is 28.9 Å². The number of rotatable bonds is 3. The van der Waals surface area contributed by atoms with Crippen molar-refractivity contribution in [1.29, 1.82) is 0 Å². The summed E-state index contributed by atoms with van der Waals surface area (Å²) in [5.41, 5.74) is -3.94.